The molecule has 0 saturated heterocycles. The fourth-order valence-electron chi connectivity index (χ4n) is 1.03. The number of benzene rings is 1. The number of nitrogens with two attached hydrogens (primary N) is 2. The number of hydrogen-bond acceptors (Lipinski definition) is 3. The van der Waals surface area contributed by atoms with Gasteiger partial charge >= 0.3 is 6.36 Å². The molecular formula is C8H6BrF3N2O2. The zero-order chi connectivity index (χ0) is 12.5. The minimum absolute atomic E-state index is 0.327. The highest BCUT2D eigenvalue weighted by atomic mass is 79.9. The van der Waals surface area contributed by atoms with Crippen molar-refractivity contribution >= 4 is 27.5 Å². The van der Waals surface area contributed by atoms with Crippen molar-refractivity contribution in [1.82, 2.24) is 0 Å². The molecule has 4 nitrogen and oxygen atoms in total. The maximum absolute atomic E-state index is 12.0. The van der Waals surface area contributed by atoms with Gasteiger partial charge in [-0.3, -0.25) is 4.79 Å². The fraction of sp³-hybridized carbons (Fsp3) is 0.125. The van der Waals surface area contributed by atoms with Crippen LogP contribution in [-0.4, -0.2) is 12.3 Å². The highest BCUT2D eigenvalue weighted by Crippen LogP contribution is 2.34. The molecule has 16 heavy (non-hydrogen) atoms. The van der Waals surface area contributed by atoms with Gasteiger partial charge < -0.3 is 16.2 Å². The van der Waals surface area contributed by atoms with E-state index < -0.39 is 23.6 Å². The Labute approximate surface area is 96.5 Å². The van der Waals surface area contributed by atoms with Gasteiger partial charge in [0.25, 0.3) is 5.91 Å². The Morgan fingerprint density at radius 2 is 1.94 bits per heavy atom. The summed E-state index contributed by atoms with van der Waals surface area (Å²) in [6, 6.07) is 2.27. The first-order chi connectivity index (χ1) is 7.20. The van der Waals surface area contributed by atoms with E-state index in [4.69, 9.17) is 11.5 Å². The molecular weight excluding hydrogens is 293 g/mol. The lowest BCUT2D eigenvalue weighted by Gasteiger charge is -2.14. The second-order valence-corrected chi connectivity index (χ2v) is 3.70. The number of nitrogen functional groups attached to an aromatic ring is 1. The van der Waals surface area contributed by atoms with Crippen LogP contribution in [0, 0.1) is 0 Å². The van der Waals surface area contributed by atoms with Gasteiger partial charge in [0.2, 0.25) is 0 Å². The van der Waals surface area contributed by atoms with Gasteiger partial charge in [0.15, 0.2) is 5.75 Å². The summed E-state index contributed by atoms with van der Waals surface area (Å²) in [6.45, 7) is 0. The molecule has 0 bridgehead atoms. The van der Waals surface area contributed by atoms with Gasteiger partial charge in [0.1, 0.15) is 0 Å². The second-order valence-electron chi connectivity index (χ2n) is 2.78. The fourth-order valence-corrected chi connectivity index (χ4v) is 1.50. The molecule has 8 heteroatoms. The number of carbonyl (C=O) groups excluding carboxylic acids is 1. The molecule has 1 aromatic carbocycles. The minimum Gasteiger partial charge on any atom is -0.403 e. The summed E-state index contributed by atoms with van der Waals surface area (Å²) >= 11 is 2.97. The van der Waals surface area contributed by atoms with Crippen molar-refractivity contribution < 1.29 is 22.7 Å². The summed E-state index contributed by atoms with van der Waals surface area (Å²) in [7, 11) is 0. The monoisotopic (exact) mass is 298 g/mol. The van der Waals surface area contributed by atoms with E-state index in [9.17, 15) is 18.0 Å². The van der Waals surface area contributed by atoms with Crippen molar-refractivity contribution in [3.05, 3.63) is 22.2 Å². The SMILES string of the molecule is NC(=O)c1cc(Br)cc(N)c1OC(F)(F)F. The molecule has 0 atom stereocenters. The van der Waals surface area contributed by atoms with E-state index in [0.29, 0.717) is 4.47 Å². The van der Waals surface area contributed by atoms with Crippen molar-refractivity contribution in [3.63, 3.8) is 0 Å². The predicted octanol–water partition coefficient (Wildman–Crippen LogP) is 2.03. The summed E-state index contributed by atoms with van der Waals surface area (Å²) in [6.07, 6.45) is -4.94. The Hall–Kier alpha value is -1.44. The number of rotatable bonds is 2. The van der Waals surface area contributed by atoms with Gasteiger partial charge in [0.05, 0.1) is 11.3 Å². The first-order valence-electron chi connectivity index (χ1n) is 3.85. The first-order valence-corrected chi connectivity index (χ1v) is 4.64. The third-order valence-corrected chi connectivity index (χ3v) is 2.02. The van der Waals surface area contributed by atoms with Crippen LogP contribution in [0.25, 0.3) is 0 Å². The van der Waals surface area contributed by atoms with Crippen LogP contribution >= 0.6 is 15.9 Å². The zero-order valence-corrected chi connectivity index (χ0v) is 9.22. The molecule has 0 spiro atoms. The summed E-state index contributed by atoms with van der Waals surface area (Å²) in [5.74, 6) is -1.85. The predicted molar refractivity (Wildman–Crippen MR) is 53.8 cm³/mol. The summed E-state index contributed by atoms with van der Waals surface area (Å²) in [4.78, 5) is 10.9. The highest BCUT2D eigenvalue weighted by Gasteiger charge is 2.34. The summed E-state index contributed by atoms with van der Waals surface area (Å²) < 4.78 is 40.0. The van der Waals surface area contributed by atoms with Gasteiger partial charge in [-0.2, -0.15) is 0 Å². The molecule has 0 aliphatic heterocycles. The largest absolute Gasteiger partial charge is 0.573 e. The molecule has 0 radical (unpaired) electrons. The lowest BCUT2D eigenvalue weighted by molar-refractivity contribution is -0.274. The molecule has 1 rings (SSSR count). The van der Waals surface area contributed by atoms with Crippen molar-refractivity contribution in [2.45, 2.75) is 6.36 Å². The van der Waals surface area contributed by atoms with E-state index in [2.05, 4.69) is 20.7 Å². The lowest BCUT2D eigenvalue weighted by Crippen LogP contribution is -2.22. The van der Waals surface area contributed by atoms with Crippen molar-refractivity contribution in [1.29, 1.82) is 0 Å². The van der Waals surface area contributed by atoms with Crippen molar-refractivity contribution in [3.8, 4) is 5.75 Å². The number of carbonyl (C=O) groups is 1. The third kappa shape index (κ3) is 3.02. The van der Waals surface area contributed by atoms with E-state index in [0.717, 1.165) is 6.07 Å². The molecule has 0 aromatic heterocycles. The zero-order valence-electron chi connectivity index (χ0n) is 7.64. The van der Waals surface area contributed by atoms with Crippen LogP contribution in [0.15, 0.2) is 16.6 Å². The standard InChI is InChI=1S/C8H6BrF3N2O2/c9-3-1-4(7(14)15)6(5(13)2-3)16-8(10,11)12/h1-2H,13H2,(H2,14,15). The Balaban J connectivity index is 3.30. The number of halogens is 4. The van der Waals surface area contributed by atoms with Gasteiger partial charge in [0, 0.05) is 4.47 Å². The quantitative estimate of drug-likeness (QED) is 0.820. The first kappa shape index (κ1) is 12.6. The van der Waals surface area contributed by atoms with Gasteiger partial charge in [-0.15, -0.1) is 13.2 Å². The molecule has 1 aromatic rings. The van der Waals surface area contributed by atoms with Crippen LogP contribution in [-0.2, 0) is 0 Å². The summed E-state index contributed by atoms with van der Waals surface area (Å²) in [5.41, 5.74) is 9.44. The van der Waals surface area contributed by atoms with E-state index in [1.54, 1.807) is 0 Å². The third-order valence-electron chi connectivity index (χ3n) is 1.57. The molecule has 0 unspecified atom stereocenters. The topological polar surface area (TPSA) is 78.3 Å². The maximum Gasteiger partial charge on any atom is 0.573 e. The molecule has 0 heterocycles. The van der Waals surface area contributed by atoms with Crippen LogP contribution in [0.4, 0.5) is 18.9 Å². The Kier molecular flexibility index (Phi) is 3.32. The average molecular weight is 299 g/mol. The van der Waals surface area contributed by atoms with Crippen molar-refractivity contribution in [2.24, 2.45) is 5.73 Å². The number of hydrogen-bond donors (Lipinski definition) is 2. The number of anilines is 1. The van der Waals surface area contributed by atoms with E-state index >= 15 is 0 Å². The van der Waals surface area contributed by atoms with E-state index in [1.807, 2.05) is 0 Å². The van der Waals surface area contributed by atoms with Crippen LogP contribution < -0.4 is 16.2 Å². The second kappa shape index (κ2) is 4.20. The van der Waals surface area contributed by atoms with E-state index in [-0.39, 0.29) is 5.69 Å². The average Bonchev–Trinajstić information content (AvgIpc) is 2.07. The van der Waals surface area contributed by atoms with Crippen molar-refractivity contribution in [2.75, 3.05) is 5.73 Å². The Morgan fingerprint density at radius 3 is 2.38 bits per heavy atom. The minimum atomic E-state index is -4.94. The Morgan fingerprint density at radius 1 is 1.38 bits per heavy atom. The number of amides is 1. The van der Waals surface area contributed by atoms with Crippen LogP contribution in [0.3, 0.4) is 0 Å². The molecule has 0 aliphatic carbocycles. The Bertz CT molecular complexity index is 434. The highest BCUT2D eigenvalue weighted by molar-refractivity contribution is 9.10. The number of ether oxygens (including phenoxy) is 1. The molecule has 0 aliphatic rings. The van der Waals surface area contributed by atoms with E-state index in [1.165, 1.54) is 6.07 Å². The number of primary amides is 1. The summed E-state index contributed by atoms with van der Waals surface area (Å²) in [5, 5.41) is 0. The number of alkyl halides is 3. The normalized spacial score (nSPS) is 11.2. The maximum atomic E-state index is 12.0. The van der Waals surface area contributed by atoms with Gasteiger partial charge in [-0.1, -0.05) is 15.9 Å². The lowest BCUT2D eigenvalue weighted by atomic mass is 10.1. The molecule has 4 N–H and O–H groups in total. The van der Waals surface area contributed by atoms with Gasteiger partial charge in [-0.05, 0) is 12.1 Å². The smallest absolute Gasteiger partial charge is 0.403 e. The van der Waals surface area contributed by atoms with Gasteiger partial charge in [-0.25, -0.2) is 0 Å². The molecule has 0 fully saturated rings. The van der Waals surface area contributed by atoms with Crippen LogP contribution in [0.2, 0.25) is 0 Å². The molecule has 1 amide bonds. The molecule has 0 saturated carbocycles. The van der Waals surface area contributed by atoms with Crippen LogP contribution in [0.1, 0.15) is 10.4 Å². The van der Waals surface area contributed by atoms with Crippen LogP contribution in [0.5, 0.6) is 5.75 Å². The molecule has 88 valence electrons.